The molecule has 0 saturated carbocycles. The van der Waals surface area contributed by atoms with Crippen molar-refractivity contribution in [1.29, 1.82) is 0 Å². The highest BCUT2D eigenvalue weighted by atomic mass is 35.5. The summed E-state index contributed by atoms with van der Waals surface area (Å²) in [5, 5.41) is 7.19. The van der Waals surface area contributed by atoms with Gasteiger partial charge in [0.25, 0.3) is 0 Å². The first-order chi connectivity index (χ1) is 9.47. The molecule has 0 aromatic heterocycles. The lowest BCUT2D eigenvalue weighted by Gasteiger charge is -2.29. The van der Waals surface area contributed by atoms with Gasteiger partial charge in [-0.05, 0) is 43.5 Å². The molecule has 1 saturated heterocycles. The molecule has 3 nitrogen and oxygen atoms in total. The predicted octanol–water partition coefficient (Wildman–Crippen LogP) is 3.20. The Hall–Kier alpha value is -0.770. The zero-order valence-electron chi connectivity index (χ0n) is 12.6. The molecule has 1 amide bonds. The summed E-state index contributed by atoms with van der Waals surface area (Å²) in [6.45, 7) is 5.90. The van der Waals surface area contributed by atoms with Gasteiger partial charge in [0.05, 0.1) is 0 Å². The predicted molar refractivity (Wildman–Crippen MR) is 90.2 cm³/mol. The Balaban J connectivity index is 0.00000220. The average molecular weight is 331 g/mol. The molecule has 1 fully saturated rings. The Bertz CT molecular complexity index is 471. The van der Waals surface area contributed by atoms with Gasteiger partial charge >= 0.3 is 0 Å². The maximum absolute atomic E-state index is 12.5. The van der Waals surface area contributed by atoms with E-state index in [0.29, 0.717) is 6.42 Å². The van der Waals surface area contributed by atoms with Crippen LogP contribution in [0.3, 0.4) is 0 Å². The first-order valence-electron chi connectivity index (χ1n) is 7.23. The van der Waals surface area contributed by atoms with Gasteiger partial charge in [-0.25, -0.2) is 0 Å². The van der Waals surface area contributed by atoms with Gasteiger partial charge < -0.3 is 10.6 Å². The van der Waals surface area contributed by atoms with E-state index in [-0.39, 0.29) is 24.4 Å². The molecule has 1 atom stereocenters. The second-order valence-corrected chi connectivity index (χ2v) is 6.64. The van der Waals surface area contributed by atoms with Crippen LogP contribution >= 0.6 is 24.0 Å². The third kappa shape index (κ3) is 5.50. The van der Waals surface area contributed by atoms with Crippen molar-refractivity contribution >= 4 is 29.9 Å². The molecule has 0 radical (unpaired) electrons. The first-order valence-corrected chi connectivity index (χ1v) is 7.61. The molecule has 0 bridgehead atoms. The molecule has 1 aromatic carbocycles. The van der Waals surface area contributed by atoms with Crippen LogP contribution in [0, 0.1) is 5.41 Å². The number of rotatable bonds is 4. The monoisotopic (exact) mass is 330 g/mol. The molecule has 2 N–H and O–H groups in total. The summed E-state index contributed by atoms with van der Waals surface area (Å²) >= 11 is 6.00. The number of nitrogens with one attached hydrogen (secondary N) is 2. The van der Waals surface area contributed by atoms with E-state index in [1.807, 2.05) is 38.1 Å². The number of carbonyl (C=O) groups excluding carboxylic acids is 1. The van der Waals surface area contributed by atoms with Crippen LogP contribution in [-0.4, -0.2) is 25.0 Å². The fourth-order valence-corrected chi connectivity index (χ4v) is 2.81. The van der Waals surface area contributed by atoms with Gasteiger partial charge in [0.15, 0.2) is 0 Å². The quantitative estimate of drug-likeness (QED) is 0.890. The average Bonchev–Trinajstić information content (AvgIpc) is 2.39. The number of piperidine rings is 1. The lowest BCUT2D eigenvalue weighted by atomic mass is 9.84. The standard InChI is InChI=1S/C16H23ClN2O.ClH/c1-16(2,10-12-5-3-6-13(17)9-12)15(20)19-14-7-4-8-18-11-14;/h3,5-6,9,14,18H,4,7-8,10-11H2,1-2H3,(H,19,20);1H/t14-;/m0./s1. The van der Waals surface area contributed by atoms with Crippen molar-refractivity contribution in [3.63, 3.8) is 0 Å². The van der Waals surface area contributed by atoms with E-state index < -0.39 is 5.41 Å². The van der Waals surface area contributed by atoms with Gasteiger partial charge in [0.1, 0.15) is 0 Å². The molecule has 1 aromatic rings. The summed E-state index contributed by atoms with van der Waals surface area (Å²) in [5.74, 6) is 0.117. The highest BCUT2D eigenvalue weighted by Crippen LogP contribution is 2.24. The summed E-state index contributed by atoms with van der Waals surface area (Å²) < 4.78 is 0. The number of hydrogen-bond acceptors (Lipinski definition) is 2. The summed E-state index contributed by atoms with van der Waals surface area (Å²) in [5.41, 5.74) is 0.668. The van der Waals surface area contributed by atoms with Crippen LogP contribution in [0.4, 0.5) is 0 Å². The Morgan fingerprint density at radius 2 is 2.24 bits per heavy atom. The fraction of sp³-hybridized carbons (Fsp3) is 0.562. The number of benzene rings is 1. The minimum atomic E-state index is -0.428. The van der Waals surface area contributed by atoms with Crippen molar-refractivity contribution in [1.82, 2.24) is 10.6 Å². The Kier molecular flexibility index (Phi) is 6.98. The maximum atomic E-state index is 12.5. The van der Waals surface area contributed by atoms with Crippen molar-refractivity contribution in [2.45, 2.75) is 39.2 Å². The number of halogens is 2. The van der Waals surface area contributed by atoms with Crippen molar-refractivity contribution in [3.05, 3.63) is 34.9 Å². The largest absolute Gasteiger partial charge is 0.352 e. The Morgan fingerprint density at radius 3 is 2.86 bits per heavy atom. The fourth-order valence-electron chi connectivity index (χ4n) is 2.59. The number of hydrogen-bond donors (Lipinski definition) is 2. The van der Waals surface area contributed by atoms with Crippen molar-refractivity contribution in [2.24, 2.45) is 5.41 Å². The first kappa shape index (κ1) is 18.3. The van der Waals surface area contributed by atoms with Crippen molar-refractivity contribution < 1.29 is 4.79 Å². The summed E-state index contributed by atoms with van der Waals surface area (Å²) in [7, 11) is 0. The van der Waals surface area contributed by atoms with E-state index in [1.54, 1.807) is 0 Å². The molecule has 118 valence electrons. The zero-order valence-corrected chi connectivity index (χ0v) is 14.2. The molecule has 21 heavy (non-hydrogen) atoms. The molecule has 0 aliphatic carbocycles. The number of amides is 1. The summed E-state index contributed by atoms with van der Waals surface area (Å²) in [6, 6.07) is 7.99. The Morgan fingerprint density at radius 1 is 1.48 bits per heavy atom. The summed E-state index contributed by atoms with van der Waals surface area (Å²) in [4.78, 5) is 12.5. The van der Waals surface area contributed by atoms with Crippen LogP contribution < -0.4 is 10.6 Å². The summed E-state index contributed by atoms with van der Waals surface area (Å²) in [6.07, 6.45) is 2.88. The van der Waals surface area contributed by atoms with Gasteiger partial charge in [-0.1, -0.05) is 37.6 Å². The topological polar surface area (TPSA) is 41.1 Å². The van der Waals surface area contributed by atoms with Crippen LogP contribution in [0.15, 0.2) is 24.3 Å². The van der Waals surface area contributed by atoms with Crippen LogP contribution in [0.5, 0.6) is 0 Å². The van der Waals surface area contributed by atoms with Crippen molar-refractivity contribution in [3.8, 4) is 0 Å². The lowest BCUT2D eigenvalue weighted by molar-refractivity contribution is -0.130. The van der Waals surface area contributed by atoms with Crippen LogP contribution in [0.25, 0.3) is 0 Å². The molecule has 0 unspecified atom stereocenters. The third-order valence-corrected chi connectivity index (χ3v) is 4.02. The second kappa shape index (κ2) is 8.02. The van der Waals surface area contributed by atoms with Gasteiger partial charge in [-0.2, -0.15) is 0 Å². The highest BCUT2D eigenvalue weighted by molar-refractivity contribution is 6.30. The van der Waals surface area contributed by atoms with Gasteiger partial charge in [0.2, 0.25) is 5.91 Å². The minimum Gasteiger partial charge on any atom is -0.352 e. The third-order valence-electron chi connectivity index (χ3n) is 3.78. The molecular formula is C16H24Cl2N2O. The van der Waals surface area contributed by atoms with E-state index >= 15 is 0 Å². The zero-order chi connectivity index (χ0) is 14.6. The maximum Gasteiger partial charge on any atom is 0.226 e. The second-order valence-electron chi connectivity index (χ2n) is 6.21. The molecule has 1 heterocycles. The van der Waals surface area contributed by atoms with E-state index in [4.69, 9.17) is 11.6 Å². The van der Waals surface area contributed by atoms with Gasteiger partial charge in [0, 0.05) is 23.0 Å². The van der Waals surface area contributed by atoms with E-state index in [9.17, 15) is 4.79 Å². The number of carbonyl (C=O) groups is 1. The normalized spacial score (nSPS) is 18.7. The Labute approximate surface area is 138 Å². The minimum absolute atomic E-state index is 0. The van der Waals surface area contributed by atoms with Gasteiger partial charge in [-0.3, -0.25) is 4.79 Å². The molecular weight excluding hydrogens is 307 g/mol. The lowest BCUT2D eigenvalue weighted by Crippen LogP contribution is -2.50. The van der Waals surface area contributed by atoms with Crippen LogP contribution in [0.2, 0.25) is 5.02 Å². The van der Waals surface area contributed by atoms with Crippen LogP contribution in [-0.2, 0) is 11.2 Å². The molecule has 1 aliphatic heterocycles. The molecule has 0 spiro atoms. The highest BCUT2D eigenvalue weighted by Gasteiger charge is 2.30. The SMILES string of the molecule is CC(C)(Cc1cccc(Cl)c1)C(=O)N[C@H]1CCCNC1.Cl. The molecule has 5 heteroatoms. The van der Waals surface area contributed by atoms with E-state index in [1.165, 1.54) is 0 Å². The van der Waals surface area contributed by atoms with Gasteiger partial charge in [-0.15, -0.1) is 12.4 Å². The van der Waals surface area contributed by atoms with E-state index in [2.05, 4.69) is 10.6 Å². The van der Waals surface area contributed by atoms with Crippen LogP contribution in [0.1, 0.15) is 32.3 Å². The molecule has 2 rings (SSSR count). The van der Waals surface area contributed by atoms with Crippen molar-refractivity contribution in [2.75, 3.05) is 13.1 Å². The van der Waals surface area contributed by atoms with E-state index in [0.717, 1.165) is 36.5 Å². The molecule has 1 aliphatic rings. The smallest absolute Gasteiger partial charge is 0.226 e.